The Morgan fingerprint density at radius 1 is 0.958 bits per heavy atom. The second kappa shape index (κ2) is 14.8. The van der Waals surface area contributed by atoms with E-state index in [4.69, 9.17) is 31.3 Å². The summed E-state index contributed by atoms with van der Waals surface area (Å²) in [5.41, 5.74) is -0.706. The highest BCUT2D eigenvalue weighted by Crippen LogP contribution is 2.30. The number of amides is 1. The van der Waals surface area contributed by atoms with Crippen LogP contribution in [-0.4, -0.2) is 71.0 Å². The van der Waals surface area contributed by atoms with Gasteiger partial charge in [-0.15, -0.1) is 0 Å². The maximum absolute atomic E-state index is 14.1. The Kier molecular flexibility index (Phi) is 11.6. The number of carbonyl (C=O) groups is 2. The Hall–Kier alpha value is -5.01. The van der Waals surface area contributed by atoms with Crippen molar-refractivity contribution in [2.24, 2.45) is 0 Å². The van der Waals surface area contributed by atoms with E-state index in [-0.39, 0.29) is 40.6 Å². The van der Waals surface area contributed by atoms with Gasteiger partial charge in [-0.05, 0) is 56.1 Å². The lowest BCUT2D eigenvalue weighted by Crippen LogP contribution is -2.51. The average molecular weight is 714 g/mol. The number of aromatic nitrogens is 5. The van der Waals surface area contributed by atoms with Crippen molar-refractivity contribution in [1.29, 1.82) is 0 Å². The van der Waals surface area contributed by atoms with Crippen LogP contribution in [0.4, 0.5) is 45.9 Å². The molecule has 0 fully saturated rings. The molecule has 0 aliphatic carbocycles. The highest BCUT2D eigenvalue weighted by molar-refractivity contribution is 6.28. The van der Waals surface area contributed by atoms with Crippen molar-refractivity contribution in [2.75, 3.05) is 11.9 Å². The minimum atomic E-state index is -5.08. The fourth-order valence-electron chi connectivity index (χ4n) is 4.04. The van der Waals surface area contributed by atoms with Crippen LogP contribution in [-0.2, 0) is 11.4 Å². The zero-order valence-electron chi connectivity index (χ0n) is 24.5. The molecule has 0 aliphatic rings. The van der Waals surface area contributed by atoms with Crippen molar-refractivity contribution in [1.82, 2.24) is 29.7 Å². The van der Waals surface area contributed by atoms with Crippen molar-refractivity contribution in [2.45, 2.75) is 51.2 Å². The number of hydrogen-bond donors (Lipinski definition) is 4. The molecule has 1 amide bonds. The second-order valence-electron chi connectivity index (χ2n) is 10.1. The number of carboxylic acids is 1. The summed E-state index contributed by atoms with van der Waals surface area (Å²) in [5.74, 6) is -4.15. The first-order valence-corrected chi connectivity index (χ1v) is 13.6. The first-order valence-electron chi connectivity index (χ1n) is 13.3. The van der Waals surface area contributed by atoms with E-state index in [1.807, 2.05) is 0 Å². The standard InChI is InChI=1S/C25H23ClF5N7O3.C2HF3O2/c1-13-18(38-10-4-7-17(20(38)33-13)41-11-14-15(27)5-3-6-16(14)28)19-34-21(26)36-22(35-19)32-12-24(2,37-23(39)40)8-9-25(29,30)31;3-2(4,5)1(6)7/h3-7,10,37H,8-9,11-12H2,1-2H3,(H,39,40)(H,32,34,35,36);(H,6,7). The Morgan fingerprint density at radius 3 is 2.15 bits per heavy atom. The van der Waals surface area contributed by atoms with Crippen LogP contribution in [0, 0.1) is 18.6 Å². The monoisotopic (exact) mass is 713 g/mol. The van der Waals surface area contributed by atoms with Crippen LogP contribution >= 0.6 is 11.6 Å². The molecular formula is C27H24ClF8N7O5. The highest BCUT2D eigenvalue weighted by Gasteiger charge is 2.38. The molecule has 3 aromatic heterocycles. The predicted octanol–water partition coefficient (Wildman–Crippen LogP) is 6.42. The number of halogens is 9. The molecule has 0 aliphatic heterocycles. The van der Waals surface area contributed by atoms with Crippen molar-refractivity contribution in [3.8, 4) is 17.3 Å². The third-order valence-corrected chi connectivity index (χ3v) is 6.46. The third-order valence-electron chi connectivity index (χ3n) is 6.29. The Morgan fingerprint density at radius 2 is 1.58 bits per heavy atom. The lowest BCUT2D eigenvalue weighted by molar-refractivity contribution is -0.192. The van der Waals surface area contributed by atoms with Gasteiger partial charge in [-0.25, -0.2) is 23.4 Å². The molecule has 0 bridgehead atoms. The predicted molar refractivity (Wildman–Crippen MR) is 151 cm³/mol. The van der Waals surface area contributed by atoms with Gasteiger partial charge in [-0.3, -0.25) is 4.40 Å². The van der Waals surface area contributed by atoms with Crippen LogP contribution in [0.2, 0.25) is 5.28 Å². The molecule has 12 nitrogen and oxygen atoms in total. The van der Waals surface area contributed by atoms with Gasteiger partial charge in [0.05, 0.1) is 16.8 Å². The zero-order valence-corrected chi connectivity index (χ0v) is 25.3. The Bertz CT molecular complexity index is 1770. The number of fused-ring (bicyclic) bond motifs is 1. The van der Waals surface area contributed by atoms with E-state index in [2.05, 4.69) is 30.6 Å². The smallest absolute Gasteiger partial charge is 0.485 e. The van der Waals surface area contributed by atoms with Gasteiger partial charge in [0.2, 0.25) is 11.2 Å². The number of aliphatic carboxylic acids is 1. The van der Waals surface area contributed by atoms with Gasteiger partial charge in [0, 0.05) is 19.2 Å². The van der Waals surface area contributed by atoms with Gasteiger partial charge in [0.15, 0.2) is 17.2 Å². The highest BCUT2D eigenvalue weighted by atomic mass is 35.5. The van der Waals surface area contributed by atoms with Gasteiger partial charge in [0.25, 0.3) is 0 Å². The molecule has 1 unspecified atom stereocenters. The summed E-state index contributed by atoms with van der Waals surface area (Å²) < 4.78 is 106. The summed E-state index contributed by atoms with van der Waals surface area (Å²) >= 11 is 6.12. The summed E-state index contributed by atoms with van der Waals surface area (Å²) in [5, 5.41) is 20.8. The van der Waals surface area contributed by atoms with E-state index in [0.29, 0.717) is 11.4 Å². The Balaban J connectivity index is 0.000000804. The number of hydrogen-bond acceptors (Lipinski definition) is 8. The molecule has 0 saturated carbocycles. The average Bonchev–Trinajstić information content (AvgIpc) is 3.30. The molecule has 4 rings (SSSR count). The number of nitrogens with one attached hydrogen (secondary N) is 2. The summed E-state index contributed by atoms with van der Waals surface area (Å²) in [6, 6.07) is 6.65. The number of aryl methyl sites for hydroxylation is 1. The van der Waals surface area contributed by atoms with Gasteiger partial charge in [-0.1, -0.05) is 6.07 Å². The minimum absolute atomic E-state index is 0.0398. The maximum atomic E-state index is 14.1. The largest absolute Gasteiger partial charge is 0.490 e. The van der Waals surface area contributed by atoms with Crippen LogP contribution in [0.5, 0.6) is 5.75 Å². The lowest BCUT2D eigenvalue weighted by atomic mass is 9.95. The number of rotatable bonds is 10. The van der Waals surface area contributed by atoms with Crippen LogP contribution in [0.15, 0.2) is 36.5 Å². The molecule has 1 atom stereocenters. The van der Waals surface area contributed by atoms with Crippen molar-refractivity contribution in [3.05, 3.63) is 64.7 Å². The first-order chi connectivity index (χ1) is 22.2. The van der Waals surface area contributed by atoms with E-state index in [1.54, 1.807) is 29.7 Å². The summed E-state index contributed by atoms with van der Waals surface area (Å²) in [7, 11) is 0. The van der Waals surface area contributed by atoms with Gasteiger partial charge < -0.3 is 25.6 Å². The molecular weight excluding hydrogens is 690 g/mol. The molecule has 1 aromatic carbocycles. The van der Waals surface area contributed by atoms with E-state index < -0.39 is 61.0 Å². The first kappa shape index (κ1) is 37.4. The molecule has 260 valence electrons. The van der Waals surface area contributed by atoms with E-state index >= 15 is 0 Å². The van der Waals surface area contributed by atoms with Crippen molar-refractivity contribution < 1.29 is 59.7 Å². The molecule has 21 heteroatoms. The number of imidazole rings is 1. The SMILES string of the molecule is Cc1nc2c(OCc3c(F)cccc3F)cccn2c1-c1nc(Cl)nc(NCC(C)(CCC(F)(F)F)NC(=O)O)n1.O=C(O)C(F)(F)F. The number of nitrogens with zero attached hydrogens (tertiary/aromatic N) is 5. The zero-order chi connectivity index (χ0) is 36.0. The quantitative estimate of drug-likeness (QED) is 0.135. The molecule has 0 saturated heterocycles. The number of ether oxygens (including phenoxy) is 1. The normalized spacial score (nSPS) is 12.9. The fraction of sp³-hybridized carbons (Fsp3) is 0.333. The number of alkyl halides is 6. The molecule has 0 radical (unpaired) electrons. The summed E-state index contributed by atoms with van der Waals surface area (Å²) in [4.78, 5) is 37.0. The second-order valence-corrected chi connectivity index (χ2v) is 10.5. The molecule has 4 aromatic rings. The number of anilines is 1. The fourth-order valence-corrected chi connectivity index (χ4v) is 4.20. The maximum Gasteiger partial charge on any atom is 0.490 e. The number of benzene rings is 1. The molecule has 48 heavy (non-hydrogen) atoms. The van der Waals surface area contributed by atoms with Crippen LogP contribution in [0.1, 0.15) is 31.0 Å². The van der Waals surface area contributed by atoms with Crippen molar-refractivity contribution in [3.63, 3.8) is 0 Å². The molecule has 4 N–H and O–H groups in total. The van der Waals surface area contributed by atoms with Crippen LogP contribution in [0.3, 0.4) is 0 Å². The van der Waals surface area contributed by atoms with Gasteiger partial charge >= 0.3 is 24.4 Å². The van der Waals surface area contributed by atoms with Gasteiger partial charge in [0.1, 0.15) is 23.9 Å². The topological polar surface area (TPSA) is 164 Å². The lowest BCUT2D eigenvalue weighted by Gasteiger charge is -2.30. The van der Waals surface area contributed by atoms with Gasteiger partial charge in [-0.2, -0.15) is 41.3 Å². The van der Waals surface area contributed by atoms with E-state index in [9.17, 15) is 39.9 Å². The van der Waals surface area contributed by atoms with Crippen molar-refractivity contribution >= 4 is 35.3 Å². The molecule has 0 spiro atoms. The number of carboxylic acid groups (broad SMARTS) is 2. The number of pyridine rings is 1. The van der Waals surface area contributed by atoms with Crippen LogP contribution in [0.25, 0.3) is 17.2 Å². The minimum Gasteiger partial charge on any atom is -0.485 e. The van der Waals surface area contributed by atoms with E-state index in [1.165, 1.54) is 13.0 Å². The molecule has 3 heterocycles. The Labute approximate surface area is 269 Å². The summed E-state index contributed by atoms with van der Waals surface area (Å²) in [6.45, 7) is 2.26. The third kappa shape index (κ3) is 10.2. The summed E-state index contributed by atoms with van der Waals surface area (Å²) in [6.07, 6.45) is -11.2. The van der Waals surface area contributed by atoms with E-state index in [0.717, 1.165) is 12.1 Å². The van der Waals surface area contributed by atoms with Crippen LogP contribution < -0.4 is 15.4 Å².